The first-order valence-corrected chi connectivity index (χ1v) is 10.6. The number of rotatable bonds is 6. The van der Waals surface area contributed by atoms with Crippen molar-refractivity contribution in [3.05, 3.63) is 29.3 Å². The predicted octanol–water partition coefficient (Wildman–Crippen LogP) is 2.12. The molecule has 6 nitrogen and oxygen atoms in total. The smallest absolute Gasteiger partial charge is 0.238 e. The number of hydrogen-bond donors (Lipinski definition) is 1. The molecule has 1 fully saturated rings. The van der Waals surface area contributed by atoms with Crippen LogP contribution in [0.3, 0.4) is 0 Å². The Bertz CT molecular complexity index is 799. The van der Waals surface area contributed by atoms with Gasteiger partial charge in [-0.15, -0.1) is 11.3 Å². The van der Waals surface area contributed by atoms with Crippen LogP contribution in [0.5, 0.6) is 0 Å². The minimum absolute atomic E-state index is 0.0919. The molecule has 1 atom stereocenters. The van der Waals surface area contributed by atoms with Crippen LogP contribution in [0, 0.1) is 0 Å². The third-order valence-electron chi connectivity index (χ3n) is 4.08. The van der Waals surface area contributed by atoms with E-state index in [2.05, 4.69) is 10.3 Å². The summed E-state index contributed by atoms with van der Waals surface area (Å²) in [4.78, 5) is 16.9. The lowest BCUT2D eigenvalue weighted by atomic mass is 10.2. The van der Waals surface area contributed by atoms with E-state index in [0.717, 1.165) is 21.6 Å². The highest BCUT2D eigenvalue weighted by Gasteiger charge is 2.37. The number of aromatic nitrogens is 1. The molecule has 1 saturated heterocycles. The summed E-state index contributed by atoms with van der Waals surface area (Å²) in [7, 11) is -3.35. The van der Waals surface area contributed by atoms with Crippen molar-refractivity contribution in [1.82, 2.24) is 14.6 Å². The van der Waals surface area contributed by atoms with Gasteiger partial charge in [0.15, 0.2) is 0 Å². The van der Waals surface area contributed by atoms with Gasteiger partial charge in [0.1, 0.15) is 11.0 Å². The van der Waals surface area contributed by atoms with Crippen LogP contribution in [0.25, 0.3) is 10.2 Å². The van der Waals surface area contributed by atoms with E-state index in [1.807, 2.05) is 31.2 Å². The number of para-hydroxylation sites is 1. The lowest BCUT2D eigenvalue weighted by Crippen LogP contribution is -2.46. The van der Waals surface area contributed by atoms with Gasteiger partial charge in [-0.3, -0.25) is 4.79 Å². The van der Waals surface area contributed by atoms with Crippen molar-refractivity contribution in [2.24, 2.45) is 0 Å². The van der Waals surface area contributed by atoms with Gasteiger partial charge in [-0.2, -0.15) is 4.31 Å². The fourth-order valence-corrected chi connectivity index (χ4v) is 5.64. The van der Waals surface area contributed by atoms with Crippen molar-refractivity contribution in [2.75, 3.05) is 12.3 Å². The molecule has 1 aliphatic heterocycles. The fourth-order valence-electron chi connectivity index (χ4n) is 2.99. The second kappa shape index (κ2) is 7.16. The molecule has 0 saturated carbocycles. The van der Waals surface area contributed by atoms with Crippen LogP contribution in [-0.4, -0.2) is 42.0 Å². The molecular weight excluding hydrogens is 346 g/mol. The first-order valence-electron chi connectivity index (χ1n) is 8.13. The van der Waals surface area contributed by atoms with E-state index in [1.54, 1.807) is 0 Å². The van der Waals surface area contributed by atoms with Gasteiger partial charge in [-0.1, -0.05) is 19.1 Å². The Balaban J connectivity index is 1.65. The zero-order valence-corrected chi connectivity index (χ0v) is 15.2. The van der Waals surface area contributed by atoms with E-state index < -0.39 is 16.1 Å². The number of nitrogens with one attached hydrogen (secondary N) is 1. The topological polar surface area (TPSA) is 79.4 Å². The molecule has 130 valence electrons. The monoisotopic (exact) mass is 367 g/mol. The van der Waals surface area contributed by atoms with Crippen molar-refractivity contribution < 1.29 is 13.2 Å². The molecule has 0 aliphatic carbocycles. The zero-order chi connectivity index (χ0) is 17.2. The van der Waals surface area contributed by atoms with E-state index in [-0.39, 0.29) is 11.7 Å². The number of sulfonamides is 1. The van der Waals surface area contributed by atoms with Gasteiger partial charge in [0.25, 0.3) is 0 Å². The minimum atomic E-state index is -3.35. The summed E-state index contributed by atoms with van der Waals surface area (Å²) in [5.41, 5.74) is 0.916. The van der Waals surface area contributed by atoms with Gasteiger partial charge in [-0.05, 0) is 31.4 Å². The number of thiazole rings is 1. The van der Waals surface area contributed by atoms with Crippen LogP contribution < -0.4 is 5.32 Å². The number of hydrogen-bond acceptors (Lipinski definition) is 5. The van der Waals surface area contributed by atoms with Crippen molar-refractivity contribution in [3.8, 4) is 0 Å². The first-order chi connectivity index (χ1) is 11.5. The van der Waals surface area contributed by atoms with Gasteiger partial charge >= 0.3 is 0 Å². The van der Waals surface area contributed by atoms with Gasteiger partial charge in [0.2, 0.25) is 15.9 Å². The molecule has 0 radical (unpaired) electrons. The molecule has 1 aromatic carbocycles. The van der Waals surface area contributed by atoms with Crippen LogP contribution in [-0.2, 0) is 21.4 Å². The lowest BCUT2D eigenvalue weighted by molar-refractivity contribution is -0.124. The molecule has 0 bridgehead atoms. The summed E-state index contributed by atoms with van der Waals surface area (Å²) in [6.45, 7) is 2.59. The van der Waals surface area contributed by atoms with Crippen LogP contribution >= 0.6 is 11.3 Å². The highest BCUT2D eigenvalue weighted by Crippen LogP contribution is 2.23. The van der Waals surface area contributed by atoms with Gasteiger partial charge in [0, 0.05) is 6.54 Å². The minimum Gasteiger partial charge on any atom is -0.348 e. The number of benzene rings is 1. The van der Waals surface area contributed by atoms with Crippen molar-refractivity contribution in [2.45, 2.75) is 38.8 Å². The SMILES string of the molecule is CCCS(=O)(=O)N1CCCC1C(=O)NCc1nc2ccccc2s1. The highest BCUT2D eigenvalue weighted by molar-refractivity contribution is 7.89. The average Bonchev–Trinajstić information content (AvgIpc) is 3.19. The maximum Gasteiger partial charge on any atom is 0.238 e. The van der Waals surface area contributed by atoms with E-state index in [0.29, 0.717) is 25.9 Å². The maximum absolute atomic E-state index is 12.5. The molecule has 1 amide bonds. The summed E-state index contributed by atoms with van der Waals surface area (Å²) >= 11 is 1.54. The Hall–Kier alpha value is -1.51. The number of carbonyl (C=O) groups excluding carboxylic acids is 1. The van der Waals surface area contributed by atoms with Crippen LogP contribution in [0.1, 0.15) is 31.2 Å². The molecule has 3 rings (SSSR count). The Labute approximate surface area is 145 Å². The predicted molar refractivity (Wildman–Crippen MR) is 95.3 cm³/mol. The summed E-state index contributed by atoms with van der Waals surface area (Å²) in [5, 5.41) is 3.67. The molecule has 8 heteroatoms. The fraction of sp³-hybridized carbons (Fsp3) is 0.500. The molecular formula is C16H21N3O3S2. The van der Waals surface area contributed by atoms with Crippen LogP contribution in [0.4, 0.5) is 0 Å². The Kier molecular flexibility index (Phi) is 5.17. The van der Waals surface area contributed by atoms with E-state index in [4.69, 9.17) is 0 Å². The molecule has 1 aromatic heterocycles. The zero-order valence-electron chi connectivity index (χ0n) is 13.6. The Morgan fingerprint density at radius 1 is 1.42 bits per heavy atom. The Morgan fingerprint density at radius 3 is 2.96 bits per heavy atom. The second-order valence-electron chi connectivity index (χ2n) is 5.88. The van der Waals surface area contributed by atoms with Gasteiger partial charge in [0.05, 0.1) is 22.5 Å². The second-order valence-corrected chi connectivity index (χ2v) is 9.03. The van der Waals surface area contributed by atoms with Crippen LogP contribution in [0.2, 0.25) is 0 Å². The summed E-state index contributed by atoms with van der Waals surface area (Å²) < 4.78 is 27.0. The summed E-state index contributed by atoms with van der Waals surface area (Å²) in [6.07, 6.45) is 1.86. The number of amides is 1. The van der Waals surface area contributed by atoms with E-state index in [1.165, 1.54) is 15.6 Å². The normalized spacial score (nSPS) is 19.0. The molecule has 1 aliphatic rings. The molecule has 24 heavy (non-hydrogen) atoms. The number of fused-ring (bicyclic) bond motifs is 1. The quantitative estimate of drug-likeness (QED) is 0.848. The molecule has 0 spiro atoms. The Morgan fingerprint density at radius 2 is 2.21 bits per heavy atom. The maximum atomic E-state index is 12.5. The lowest BCUT2D eigenvalue weighted by Gasteiger charge is -2.22. The number of nitrogens with zero attached hydrogens (tertiary/aromatic N) is 2. The molecule has 1 unspecified atom stereocenters. The molecule has 2 heterocycles. The molecule has 1 N–H and O–H groups in total. The van der Waals surface area contributed by atoms with E-state index in [9.17, 15) is 13.2 Å². The van der Waals surface area contributed by atoms with Crippen LogP contribution in [0.15, 0.2) is 24.3 Å². The van der Waals surface area contributed by atoms with Crippen molar-refractivity contribution in [1.29, 1.82) is 0 Å². The standard InChI is InChI=1S/C16H21N3O3S2/c1-2-10-24(21,22)19-9-5-7-13(19)16(20)17-11-15-18-12-6-3-4-8-14(12)23-15/h3-4,6,8,13H,2,5,7,9-11H2,1H3,(H,17,20). The third kappa shape index (κ3) is 3.60. The first kappa shape index (κ1) is 17.3. The number of carbonyl (C=O) groups is 1. The van der Waals surface area contributed by atoms with Gasteiger partial charge in [-0.25, -0.2) is 13.4 Å². The summed E-state index contributed by atoms with van der Waals surface area (Å²) in [6, 6.07) is 7.23. The van der Waals surface area contributed by atoms with Gasteiger partial charge < -0.3 is 5.32 Å². The van der Waals surface area contributed by atoms with E-state index >= 15 is 0 Å². The average molecular weight is 367 g/mol. The van der Waals surface area contributed by atoms with Crippen molar-refractivity contribution in [3.63, 3.8) is 0 Å². The third-order valence-corrected chi connectivity index (χ3v) is 7.19. The van der Waals surface area contributed by atoms with Crippen molar-refractivity contribution >= 4 is 37.5 Å². The summed E-state index contributed by atoms with van der Waals surface area (Å²) in [5.74, 6) is -0.138. The highest BCUT2D eigenvalue weighted by atomic mass is 32.2. The largest absolute Gasteiger partial charge is 0.348 e. The molecule has 2 aromatic rings.